The first kappa shape index (κ1) is 38.1. The van der Waals surface area contributed by atoms with Gasteiger partial charge >= 0.3 is 21.1 Å². The van der Waals surface area contributed by atoms with Gasteiger partial charge in [0, 0.05) is 27.9 Å². The molecule has 0 spiro atoms. The third kappa shape index (κ3) is 6.33. The van der Waals surface area contributed by atoms with Crippen molar-refractivity contribution in [2.45, 2.75) is 19.3 Å². The van der Waals surface area contributed by atoms with Gasteiger partial charge in [-0.05, 0) is 48.8 Å². The first-order valence-electron chi connectivity index (χ1n) is 14.2. The third-order valence-electron chi connectivity index (χ3n) is 7.78. The van der Waals surface area contributed by atoms with E-state index in [9.17, 15) is 43.9 Å². The van der Waals surface area contributed by atoms with Gasteiger partial charge in [0.25, 0.3) is 0 Å². The monoisotopic (exact) mass is 913 g/mol. The summed E-state index contributed by atoms with van der Waals surface area (Å²) >= 11 is 0. The second-order valence-electron chi connectivity index (χ2n) is 11.2. The van der Waals surface area contributed by atoms with Crippen molar-refractivity contribution in [3.8, 4) is 45.0 Å². The van der Waals surface area contributed by atoms with E-state index in [-0.39, 0.29) is 43.8 Å². The minimum absolute atomic E-state index is 0. The van der Waals surface area contributed by atoms with Gasteiger partial charge < -0.3 is 19.9 Å². The van der Waals surface area contributed by atoms with E-state index in [4.69, 9.17) is 0 Å². The molecule has 0 atom stereocenters. The smallest absolute Gasteiger partial charge is 0.317 e. The first-order valence-corrected chi connectivity index (χ1v) is 14.2. The van der Waals surface area contributed by atoms with Crippen LogP contribution in [0.4, 0.5) is 52.7 Å². The molecule has 0 saturated carbocycles. The molecule has 0 N–H and O–H groups in total. The molecule has 268 valence electrons. The average Bonchev–Trinajstić information content (AvgIpc) is 3.12. The van der Waals surface area contributed by atoms with Crippen molar-refractivity contribution in [1.29, 1.82) is 0 Å². The van der Waals surface area contributed by atoms with E-state index in [0.29, 0.717) is 0 Å². The molecule has 0 aliphatic rings. The van der Waals surface area contributed by atoms with Crippen LogP contribution in [0.2, 0.25) is 0 Å². The maximum Gasteiger partial charge on any atom is 2.00 e. The van der Waals surface area contributed by atoms with Crippen LogP contribution in [0.3, 0.4) is 0 Å². The second kappa shape index (κ2) is 14.1. The summed E-state index contributed by atoms with van der Waals surface area (Å²) in [6.45, 7) is 3.25. The molecule has 4 aromatic heterocycles. The van der Waals surface area contributed by atoms with Crippen molar-refractivity contribution >= 4 is 0 Å². The first-order chi connectivity index (χ1) is 24.0. The van der Waals surface area contributed by atoms with Gasteiger partial charge in [0.15, 0.2) is 46.5 Å². The Morgan fingerprint density at radius 1 is 0.423 bits per heavy atom. The summed E-state index contributed by atoms with van der Waals surface area (Å²) < 4.78 is 169. The van der Waals surface area contributed by atoms with Gasteiger partial charge in [-0.2, -0.15) is 0 Å². The van der Waals surface area contributed by atoms with Gasteiger partial charge in [-0.25, -0.2) is 52.7 Å². The summed E-state index contributed by atoms with van der Waals surface area (Å²) in [4.78, 5) is 15.6. The maximum absolute atomic E-state index is 15.2. The number of hydrogen-bond donors (Lipinski definition) is 0. The molecular formula is C35H14F12N4Pt. The van der Waals surface area contributed by atoms with E-state index in [1.54, 1.807) is 13.8 Å². The van der Waals surface area contributed by atoms with Crippen LogP contribution in [0.5, 0.6) is 0 Å². The Balaban J connectivity index is 0.00000523. The van der Waals surface area contributed by atoms with E-state index < -0.39 is 109 Å². The van der Waals surface area contributed by atoms with Crippen molar-refractivity contribution in [1.82, 2.24) is 19.9 Å². The molecule has 6 rings (SSSR count). The fraction of sp³-hybridized carbons (Fsp3) is 0.0857. The maximum atomic E-state index is 15.2. The minimum Gasteiger partial charge on any atom is -0.317 e. The van der Waals surface area contributed by atoms with Gasteiger partial charge in [0.1, 0.15) is 11.9 Å². The molecule has 17 heteroatoms. The standard InChI is InChI=1S/C35H14F12N4.Pt/c1-35(2,19-7-3-5-15(48-19)13-9-11-17(50-33(13)46)21-23(36)27(40)31(44)28(41)24(21)37)20-8-4-6-16(49-20)14-10-12-18(51-34(14)47)22-25(38)29(42)32(45)30(43)26(22)39;/h3-8,11-12H,1-2H3;/q-2;+2. The largest absolute Gasteiger partial charge is 2.00 e. The van der Waals surface area contributed by atoms with Gasteiger partial charge in [-0.1, -0.05) is 35.4 Å². The molecular weight excluding hydrogens is 899 g/mol. The molecule has 0 aliphatic heterocycles. The predicted octanol–water partition coefficient (Wildman–Crippen LogP) is 9.53. The number of rotatable bonds is 6. The molecule has 0 unspecified atom stereocenters. The molecule has 0 saturated heterocycles. The van der Waals surface area contributed by atoms with Crippen molar-refractivity contribution in [3.63, 3.8) is 0 Å². The zero-order valence-electron chi connectivity index (χ0n) is 25.8. The van der Waals surface area contributed by atoms with Crippen LogP contribution in [0, 0.1) is 82.2 Å². The van der Waals surface area contributed by atoms with Crippen LogP contribution in [0.25, 0.3) is 45.0 Å². The van der Waals surface area contributed by atoms with Crippen LogP contribution >= 0.6 is 0 Å². The molecule has 0 fully saturated rings. The summed E-state index contributed by atoms with van der Waals surface area (Å²) in [7, 11) is 0. The number of benzene rings is 2. The van der Waals surface area contributed by atoms with Crippen LogP contribution in [-0.2, 0) is 26.5 Å². The topological polar surface area (TPSA) is 51.6 Å². The summed E-state index contributed by atoms with van der Waals surface area (Å²) in [6.07, 6.45) is 0. The zero-order valence-corrected chi connectivity index (χ0v) is 28.0. The van der Waals surface area contributed by atoms with E-state index in [0.717, 1.165) is 12.1 Å². The SMILES string of the molecule is CC(C)(c1cccc(-c2[c-]cc(-c3c(F)c(F)c(F)c(F)c3F)nc2F)n1)c1cccc(-c2[c-]cc(-c3c(F)c(F)c(F)c(F)c3F)nc2F)n1.[Pt+2]. The fourth-order valence-corrected chi connectivity index (χ4v) is 5.04. The fourth-order valence-electron chi connectivity index (χ4n) is 5.04. The number of nitrogens with zero attached hydrogens (tertiary/aromatic N) is 4. The number of aromatic nitrogens is 4. The van der Waals surface area contributed by atoms with Gasteiger partial charge in [-0.3, -0.25) is 0 Å². The van der Waals surface area contributed by atoms with Gasteiger partial charge in [0.05, 0.1) is 0 Å². The van der Waals surface area contributed by atoms with Crippen molar-refractivity contribution in [2.75, 3.05) is 0 Å². The molecule has 0 amide bonds. The molecule has 0 radical (unpaired) electrons. The predicted molar refractivity (Wildman–Crippen MR) is 155 cm³/mol. The van der Waals surface area contributed by atoms with E-state index in [1.807, 2.05) is 0 Å². The Morgan fingerprint density at radius 3 is 1.04 bits per heavy atom. The second-order valence-corrected chi connectivity index (χ2v) is 11.2. The van der Waals surface area contributed by atoms with Crippen LogP contribution < -0.4 is 0 Å². The Labute approximate surface area is 299 Å². The summed E-state index contributed by atoms with van der Waals surface area (Å²) in [5.74, 6) is -25.5. The summed E-state index contributed by atoms with van der Waals surface area (Å²) in [6, 6.07) is 14.7. The Kier molecular flexibility index (Phi) is 10.4. The molecule has 0 aliphatic carbocycles. The van der Waals surface area contributed by atoms with E-state index in [2.05, 4.69) is 32.1 Å². The quantitative estimate of drug-likeness (QED) is 0.0550. The summed E-state index contributed by atoms with van der Waals surface area (Å²) in [5, 5.41) is 0. The zero-order chi connectivity index (χ0) is 37.1. The number of hydrogen-bond acceptors (Lipinski definition) is 4. The van der Waals surface area contributed by atoms with Gasteiger partial charge in [-0.15, -0.1) is 24.3 Å². The van der Waals surface area contributed by atoms with E-state index >= 15 is 8.78 Å². The Hall–Kier alpha value is -5.11. The molecule has 2 aromatic carbocycles. The number of halogens is 12. The molecule has 4 heterocycles. The van der Waals surface area contributed by atoms with Crippen molar-refractivity contribution in [2.24, 2.45) is 0 Å². The van der Waals surface area contributed by atoms with E-state index in [1.165, 1.54) is 36.4 Å². The molecule has 0 bridgehead atoms. The van der Waals surface area contributed by atoms with Crippen molar-refractivity contribution in [3.05, 3.63) is 142 Å². The number of pyridine rings is 4. The van der Waals surface area contributed by atoms with Crippen LogP contribution in [0.1, 0.15) is 25.2 Å². The minimum atomic E-state index is -2.40. The van der Waals surface area contributed by atoms with Crippen LogP contribution in [-0.4, -0.2) is 19.9 Å². The Morgan fingerprint density at radius 2 is 0.731 bits per heavy atom. The van der Waals surface area contributed by atoms with Crippen molar-refractivity contribution < 1.29 is 73.8 Å². The Bertz CT molecular complexity index is 2180. The molecule has 6 aromatic rings. The van der Waals surface area contributed by atoms with Crippen LogP contribution in [0.15, 0.2) is 48.5 Å². The average molecular weight is 914 g/mol. The third-order valence-corrected chi connectivity index (χ3v) is 7.78. The molecule has 52 heavy (non-hydrogen) atoms. The molecule has 4 nitrogen and oxygen atoms in total. The summed E-state index contributed by atoms with van der Waals surface area (Å²) in [5.41, 5.74) is -6.56. The normalized spacial score (nSPS) is 11.5. The van der Waals surface area contributed by atoms with Gasteiger partial charge in [0.2, 0.25) is 11.6 Å².